The van der Waals surface area contributed by atoms with Crippen LogP contribution in [0.3, 0.4) is 0 Å². The lowest BCUT2D eigenvalue weighted by atomic mass is 10.0. The molecule has 0 spiro atoms. The molecule has 2 N–H and O–H groups in total. The number of amides is 2. The minimum Gasteiger partial charge on any atom is -0.350 e. The summed E-state index contributed by atoms with van der Waals surface area (Å²) >= 11 is 0. The Morgan fingerprint density at radius 1 is 1.15 bits per heavy atom. The summed E-state index contributed by atoms with van der Waals surface area (Å²) < 4.78 is 53.9. The standard InChI is InChI=1S/C23H25F2N3O4S/c1-3-22(29)27-18-10-11-28(15(2)12-18)33(31,32)19-7-5-17(6-8-19)23(30)26-14-16-4-9-20(24)21(25)13-16/h3-9,13,15,18H,1,10-12,14H2,2H3,(H,26,30)(H,27,29). The third kappa shape index (κ3) is 5.82. The molecule has 0 saturated carbocycles. The van der Waals surface area contributed by atoms with Gasteiger partial charge in [0.05, 0.1) is 4.90 Å². The lowest BCUT2D eigenvalue weighted by Gasteiger charge is -2.36. The minimum atomic E-state index is -3.78. The van der Waals surface area contributed by atoms with E-state index in [-0.39, 0.29) is 41.5 Å². The van der Waals surface area contributed by atoms with Crippen molar-refractivity contribution >= 4 is 21.8 Å². The van der Waals surface area contributed by atoms with Crippen LogP contribution in [0.25, 0.3) is 0 Å². The molecule has 2 aromatic carbocycles. The molecular formula is C23H25F2N3O4S. The first-order valence-corrected chi connectivity index (χ1v) is 11.8. The van der Waals surface area contributed by atoms with E-state index >= 15 is 0 Å². The second-order valence-electron chi connectivity index (χ2n) is 7.85. The number of benzene rings is 2. The predicted molar refractivity (Wildman–Crippen MR) is 119 cm³/mol. The van der Waals surface area contributed by atoms with Gasteiger partial charge in [-0.1, -0.05) is 12.6 Å². The Labute approximate surface area is 191 Å². The molecule has 3 rings (SSSR count). The molecule has 1 saturated heterocycles. The molecule has 0 bridgehead atoms. The topological polar surface area (TPSA) is 95.6 Å². The fraction of sp³-hybridized carbons (Fsp3) is 0.304. The Kier molecular flexibility index (Phi) is 7.60. The van der Waals surface area contributed by atoms with Crippen molar-refractivity contribution < 1.29 is 26.8 Å². The summed E-state index contributed by atoms with van der Waals surface area (Å²) in [7, 11) is -3.78. The Hall–Kier alpha value is -3.11. The quantitative estimate of drug-likeness (QED) is 0.600. The van der Waals surface area contributed by atoms with Crippen LogP contribution in [0, 0.1) is 11.6 Å². The molecule has 33 heavy (non-hydrogen) atoms. The summed E-state index contributed by atoms with van der Waals surface area (Å²) in [5.41, 5.74) is 0.624. The lowest BCUT2D eigenvalue weighted by Crippen LogP contribution is -2.50. The van der Waals surface area contributed by atoms with Crippen LogP contribution in [0.15, 0.2) is 60.0 Å². The number of rotatable bonds is 7. The smallest absolute Gasteiger partial charge is 0.251 e. The number of halogens is 2. The first-order valence-electron chi connectivity index (χ1n) is 10.4. The van der Waals surface area contributed by atoms with Crippen molar-refractivity contribution in [1.82, 2.24) is 14.9 Å². The number of hydrogen-bond acceptors (Lipinski definition) is 4. The zero-order chi connectivity index (χ0) is 24.2. The summed E-state index contributed by atoms with van der Waals surface area (Å²) in [4.78, 5) is 23.9. The van der Waals surface area contributed by atoms with Gasteiger partial charge < -0.3 is 10.6 Å². The van der Waals surface area contributed by atoms with Gasteiger partial charge in [-0.2, -0.15) is 4.31 Å². The van der Waals surface area contributed by atoms with Crippen LogP contribution in [0.4, 0.5) is 8.78 Å². The maximum absolute atomic E-state index is 13.3. The van der Waals surface area contributed by atoms with E-state index in [1.807, 2.05) is 0 Å². The zero-order valence-electron chi connectivity index (χ0n) is 18.1. The van der Waals surface area contributed by atoms with E-state index < -0.39 is 27.6 Å². The molecule has 0 radical (unpaired) electrons. The molecule has 7 nitrogen and oxygen atoms in total. The van der Waals surface area contributed by atoms with Crippen LogP contribution in [0.1, 0.15) is 35.7 Å². The molecule has 2 aromatic rings. The molecular weight excluding hydrogens is 452 g/mol. The van der Waals surface area contributed by atoms with Gasteiger partial charge in [0.2, 0.25) is 15.9 Å². The lowest BCUT2D eigenvalue weighted by molar-refractivity contribution is -0.117. The molecule has 1 aliphatic heterocycles. The van der Waals surface area contributed by atoms with Crippen molar-refractivity contribution in [2.45, 2.75) is 43.3 Å². The normalized spacial score (nSPS) is 19.0. The zero-order valence-corrected chi connectivity index (χ0v) is 18.9. The molecule has 2 unspecified atom stereocenters. The van der Waals surface area contributed by atoms with Crippen molar-refractivity contribution in [3.8, 4) is 0 Å². The van der Waals surface area contributed by atoms with Crippen LogP contribution in [0.5, 0.6) is 0 Å². The van der Waals surface area contributed by atoms with Crippen LogP contribution < -0.4 is 10.6 Å². The number of sulfonamides is 1. The Bertz CT molecular complexity index is 1150. The van der Waals surface area contributed by atoms with E-state index in [2.05, 4.69) is 17.2 Å². The van der Waals surface area contributed by atoms with Gasteiger partial charge in [-0.05, 0) is 67.8 Å². The van der Waals surface area contributed by atoms with Gasteiger partial charge in [0.25, 0.3) is 5.91 Å². The van der Waals surface area contributed by atoms with Gasteiger partial charge in [0.1, 0.15) is 0 Å². The fourth-order valence-corrected chi connectivity index (χ4v) is 5.40. The number of piperidine rings is 1. The average Bonchev–Trinajstić information content (AvgIpc) is 2.79. The van der Waals surface area contributed by atoms with Crippen molar-refractivity contribution in [3.05, 3.63) is 77.9 Å². The van der Waals surface area contributed by atoms with Crippen molar-refractivity contribution in [1.29, 1.82) is 0 Å². The molecule has 1 heterocycles. The maximum Gasteiger partial charge on any atom is 0.251 e. The highest BCUT2D eigenvalue weighted by Crippen LogP contribution is 2.25. The molecule has 2 atom stereocenters. The van der Waals surface area contributed by atoms with Crippen LogP contribution in [-0.4, -0.2) is 43.2 Å². The van der Waals surface area contributed by atoms with E-state index in [9.17, 15) is 26.8 Å². The van der Waals surface area contributed by atoms with Crippen molar-refractivity contribution in [2.75, 3.05) is 6.54 Å². The highest BCUT2D eigenvalue weighted by Gasteiger charge is 2.34. The van der Waals surface area contributed by atoms with Gasteiger partial charge in [0.15, 0.2) is 11.6 Å². The summed E-state index contributed by atoms with van der Waals surface area (Å²) in [5, 5.41) is 5.38. The van der Waals surface area contributed by atoms with Crippen LogP contribution in [0.2, 0.25) is 0 Å². The fourth-order valence-electron chi connectivity index (χ4n) is 3.75. The van der Waals surface area contributed by atoms with Crippen molar-refractivity contribution in [2.24, 2.45) is 0 Å². The molecule has 1 fully saturated rings. The first kappa shape index (κ1) is 24.5. The highest BCUT2D eigenvalue weighted by molar-refractivity contribution is 7.89. The third-order valence-corrected chi connectivity index (χ3v) is 7.53. The molecule has 0 aliphatic carbocycles. The molecule has 10 heteroatoms. The first-order chi connectivity index (χ1) is 15.6. The monoisotopic (exact) mass is 477 g/mol. The summed E-state index contributed by atoms with van der Waals surface area (Å²) in [6, 6.07) is 8.41. The van der Waals surface area contributed by atoms with Gasteiger partial charge in [-0.25, -0.2) is 17.2 Å². The van der Waals surface area contributed by atoms with E-state index in [4.69, 9.17) is 0 Å². The van der Waals surface area contributed by atoms with E-state index in [1.54, 1.807) is 6.92 Å². The van der Waals surface area contributed by atoms with E-state index in [0.717, 1.165) is 12.1 Å². The summed E-state index contributed by atoms with van der Waals surface area (Å²) in [6.07, 6.45) is 2.14. The highest BCUT2D eigenvalue weighted by atomic mass is 32.2. The summed E-state index contributed by atoms with van der Waals surface area (Å²) in [5.74, 6) is -2.74. The van der Waals surface area contributed by atoms with Gasteiger partial charge in [-0.3, -0.25) is 9.59 Å². The Morgan fingerprint density at radius 2 is 1.85 bits per heavy atom. The number of nitrogens with one attached hydrogen (secondary N) is 2. The molecule has 0 aromatic heterocycles. The molecule has 1 aliphatic rings. The predicted octanol–water partition coefficient (Wildman–Crippen LogP) is 2.74. The minimum absolute atomic E-state index is 0.00899. The molecule has 2 amide bonds. The molecule has 176 valence electrons. The summed E-state index contributed by atoms with van der Waals surface area (Å²) in [6.45, 7) is 5.44. The maximum atomic E-state index is 13.3. The van der Waals surface area contributed by atoms with Gasteiger partial charge in [-0.15, -0.1) is 0 Å². The van der Waals surface area contributed by atoms with Crippen molar-refractivity contribution in [3.63, 3.8) is 0 Å². The van der Waals surface area contributed by atoms with Crippen LogP contribution >= 0.6 is 0 Å². The van der Waals surface area contributed by atoms with E-state index in [0.29, 0.717) is 18.4 Å². The van der Waals surface area contributed by atoms with Gasteiger partial charge >= 0.3 is 0 Å². The average molecular weight is 478 g/mol. The Balaban J connectivity index is 1.63. The van der Waals surface area contributed by atoms with E-state index in [1.165, 1.54) is 40.7 Å². The number of nitrogens with zero attached hydrogens (tertiary/aromatic N) is 1. The van der Waals surface area contributed by atoms with Crippen LogP contribution in [-0.2, 0) is 21.4 Å². The SMILES string of the molecule is C=CC(=O)NC1CCN(S(=O)(=O)c2ccc(C(=O)NCc3ccc(F)c(F)c3)cc2)C(C)C1. The number of carbonyl (C=O) groups is 2. The van der Waals surface area contributed by atoms with Gasteiger partial charge in [0, 0.05) is 30.7 Å². The third-order valence-electron chi connectivity index (χ3n) is 5.51. The Morgan fingerprint density at radius 3 is 2.45 bits per heavy atom. The number of hydrogen-bond donors (Lipinski definition) is 2. The second kappa shape index (κ2) is 10.2. The second-order valence-corrected chi connectivity index (χ2v) is 9.74. The largest absolute Gasteiger partial charge is 0.350 e. The number of carbonyl (C=O) groups excluding carboxylic acids is 2.